The monoisotopic (exact) mass is 393 g/mol. The fraction of sp³-hybridized carbons (Fsp3) is 0.500. The molecule has 1 unspecified atom stereocenters. The third-order valence-corrected chi connectivity index (χ3v) is 6.33. The Morgan fingerprint density at radius 2 is 2.08 bits per heavy atom. The Morgan fingerprint density at radius 3 is 2.73 bits per heavy atom. The average Bonchev–Trinajstić information content (AvgIpc) is 2.95. The van der Waals surface area contributed by atoms with E-state index in [0.717, 1.165) is 29.9 Å². The van der Waals surface area contributed by atoms with Crippen molar-refractivity contribution in [1.82, 2.24) is 5.32 Å². The molecule has 1 aromatic carbocycles. The lowest BCUT2D eigenvalue weighted by atomic mass is 9.80. The van der Waals surface area contributed by atoms with Crippen LogP contribution in [0.2, 0.25) is 5.02 Å². The van der Waals surface area contributed by atoms with Gasteiger partial charge in [0.15, 0.2) is 0 Å². The zero-order chi connectivity index (χ0) is 18.5. The maximum atomic E-state index is 11.6. The van der Waals surface area contributed by atoms with E-state index in [2.05, 4.69) is 12.2 Å². The highest BCUT2D eigenvalue weighted by Crippen LogP contribution is 2.32. The van der Waals surface area contributed by atoms with Gasteiger partial charge in [0, 0.05) is 0 Å². The van der Waals surface area contributed by atoms with E-state index in [9.17, 15) is 9.59 Å². The lowest BCUT2D eigenvalue weighted by Crippen LogP contribution is -2.17. The van der Waals surface area contributed by atoms with Crippen LogP contribution in [0, 0.1) is 11.8 Å². The van der Waals surface area contributed by atoms with E-state index in [-0.39, 0.29) is 11.1 Å². The van der Waals surface area contributed by atoms with Crippen molar-refractivity contribution in [3.63, 3.8) is 0 Å². The van der Waals surface area contributed by atoms with Crippen molar-refractivity contribution in [2.24, 2.45) is 11.8 Å². The van der Waals surface area contributed by atoms with E-state index in [1.807, 2.05) is 12.1 Å². The van der Waals surface area contributed by atoms with Gasteiger partial charge in [-0.1, -0.05) is 50.6 Å². The maximum Gasteiger partial charge on any atom is 0.290 e. The van der Waals surface area contributed by atoms with Crippen LogP contribution in [0.3, 0.4) is 0 Å². The minimum Gasteiger partial charge on any atom is -0.494 e. The molecule has 1 saturated carbocycles. The van der Waals surface area contributed by atoms with Gasteiger partial charge in [0.05, 0.1) is 16.5 Å². The predicted molar refractivity (Wildman–Crippen MR) is 106 cm³/mol. The summed E-state index contributed by atoms with van der Waals surface area (Å²) < 4.78 is 5.87. The van der Waals surface area contributed by atoms with Crippen LogP contribution < -0.4 is 10.1 Å². The number of imide groups is 1. The van der Waals surface area contributed by atoms with Crippen LogP contribution in [-0.4, -0.2) is 17.8 Å². The normalized spacial score (nSPS) is 21.1. The predicted octanol–water partition coefficient (Wildman–Crippen LogP) is 5.65. The number of carbonyl (C=O) groups is 2. The first-order chi connectivity index (χ1) is 12.5. The number of amides is 2. The second-order valence-electron chi connectivity index (χ2n) is 7.05. The number of halogens is 1. The topological polar surface area (TPSA) is 55.4 Å². The van der Waals surface area contributed by atoms with Crippen LogP contribution in [0.5, 0.6) is 5.75 Å². The van der Waals surface area contributed by atoms with E-state index in [0.29, 0.717) is 28.0 Å². The quantitative estimate of drug-likeness (QED) is 0.634. The maximum absolute atomic E-state index is 11.6. The third-order valence-electron chi connectivity index (χ3n) is 5.20. The van der Waals surface area contributed by atoms with Gasteiger partial charge in [0.1, 0.15) is 5.75 Å². The fourth-order valence-electron chi connectivity index (χ4n) is 3.58. The summed E-state index contributed by atoms with van der Waals surface area (Å²) in [4.78, 5) is 23.2. The lowest BCUT2D eigenvalue weighted by molar-refractivity contribution is -0.115. The minimum absolute atomic E-state index is 0.354. The van der Waals surface area contributed by atoms with Gasteiger partial charge in [-0.15, -0.1) is 0 Å². The highest BCUT2D eigenvalue weighted by Gasteiger charge is 2.25. The minimum atomic E-state index is -0.381. The van der Waals surface area contributed by atoms with Gasteiger partial charge in [-0.3, -0.25) is 14.9 Å². The summed E-state index contributed by atoms with van der Waals surface area (Å²) in [6, 6.07) is 5.42. The molecule has 2 amide bonds. The molecule has 1 N–H and O–H groups in total. The van der Waals surface area contributed by atoms with E-state index in [1.54, 1.807) is 12.1 Å². The smallest absolute Gasteiger partial charge is 0.290 e. The van der Waals surface area contributed by atoms with Crippen molar-refractivity contribution in [2.45, 2.75) is 45.4 Å². The van der Waals surface area contributed by atoms with Gasteiger partial charge in [-0.05, 0) is 59.9 Å². The number of hydrogen-bond donors (Lipinski definition) is 1. The molecule has 2 fully saturated rings. The lowest BCUT2D eigenvalue weighted by Gasteiger charge is -2.27. The molecule has 1 heterocycles. The number of thioether (sulfide) groups is 1. The average molecular weight is 394 g/mol. The zero-order valence-electron chi connectivity index (χ0n) is 14.9. The molecule has 2 aliphatic rings. The summed E-state index contributed by atoms with van der Waals surface area (Å²) >= 11 is 7.19. The first-order valence-electron chi connectivity index (χ1n) is 9.20. The Morgan fingerprint density at radius 1 is 1.31 bits per heavy atom. The van der Waals surface area contributed by atoms with Crippen molar-refractivity contribution >= 4 is 40.6 Å². The molecule has 1 saturated heterocycles. The summed E-state index contributed by atoms with van der Waals surface area (Å²) in [5, 5.41) is 2.38. The SMILES string of the molecule is CC(CCOc1ccc(C=C2SC(=O)NC2=O)c(Cl)c1)C1CCCCC1. The second kappa shape index (κ2) is 8.96. The molecule has 1 aliphatic carbocycles. The Hall–Kier alpha value is -1.46. The molecule has 4 nitrogen and oxygen atoms in total. The first kappa shape index (κ1) is 19.3. The number of nitrogens with one attached hydrogen (secondary N) is 1. The van der Waals surface area contributed by atoms with E-state index in [1.165, 1.54) is 32.1 Å². The number of carbonyl (C=O) groups excluding carboxylic acids is 2. The largest absolute Gasteiger partial charge is 0.494 e. The van der Waals surface area contributed by atoms with Crippen LogP contribution in [-0.2, 0) is 4.79 Å². The molecule has 0 radical (unpaired) electrons. The van der Waals surface area contributed by atoms with E-state index < -0.39 is 0 Å². The van der Waals surface area contributed by atoms with Crippen molar-refractivity contribution in [1.29, 1.82) is 0 Å². The Bertz CT molecular complexity index is 713. The second-order valence-corrected chi connectivity index (χ2v) is 8.47. The van der Waals surface area contributed by atoms with E-state index >= 15 is 0 Å². The molecule has 6 heteroatoms. The van der Waals surface area contributed by atoms with Crippen LogP contribution >= 0.6 is 23.4 Å². The number of ether oxygens (including phenoxy) is 1. The Balaban J connectivity index is 1.53. The van der Waals surface area contributed by atoms with Gasteiger partial charge in [0.25, 0.3) is 11.1 Å². The third kappa shape index (κ3) is 5.04. The summed E-state index contributed by atoms with van der Waals surface area (Å²) in [6.07, 6.45) is 9.49. The first-order valence-corrected chi connectivity index (χ1v) is 10.4. The van der Waals surface area contributed by atoms with Crippen LogP contribution in [0.4, 0.5) is 4.79 Å². The molecule has 0 bridgehead atoms. The molecule has 1 aliphatic heterocycles. The molecule has 0 spiro atoms. The molecule has 1 atom stereocenters. The molecular weight excluding hydrogens is 370 g/mol. The Kier molecular flexibility index (Phi) is 6.65. The zero-order valence-corrected chi connectivity index (χ0v) is 16.5. The highest BCUT2D eigenvalue weighted by molar-refractivity contribution is 8.18. The van der Waals surface area contributed by atoms with Crippen molar-refractivity contribution in [2.75, 3.05) is 6.61 Å². The fourth-order valence-corrected chi connectivity index (χ4v) is 4.48. The van der Waals surface area contributed by atoms with Gasteiger partial charge >= 0.3 is 0 Å². The van der Waals surface area contributed by atoms with Gasteiger partial charge in [-0.2, -0.15) is 0 Å². The van der Waals surface area contributed by atoms with Crippen LogP contribution in [0.15, 0.2) is 23.1 Å². The highest BCUT2D eigenvalue weighted by atomic mass is 35.5. The van der Waals surface area contributed by atoms with Crippen LogP contribution in [0.1, 0.15) is 51.0 Å². The Labute approximate surface area is 163 Å². The van der Waals surface area contributed by atoms with Crippen molar-refractivity contribution in [3.05, 3.63) is 33.7 Å². The van der Waals surface area contributed by atoms with E-state index in [4.69, 9.17) is 16.3 Å². The molecule has 0 aromatic heterocycles. The van der Waals surface area contributed by atoms with Crippen molar-refractivity contribution in [3.8, 4) is 5.75 Å². The van der Waals surface area contributed by atoms with Gasteiger partial charge in [0.2, 0.25) is 0 Å². The molecule has 140 valence electrons. The molecule has 26 heavy (non-hydrogen) atoms. The van der Waals surface area contributed by atoms with Gasteiger partial charge < -0.3 is 4.74 Å². The standard InChI is InChI=1S/C20H24ClNO3S/c1-13(14-5-3-2-4-6-14)9-10-25-16-8-7-15(17(21)12-16)11-18-19(23)22-20(24)26-18/h7-8,11-14H,2-6,9-10H2,1H3,(H,22,23,24). The van der Waals surface area contributed by atoms with Crippen molar-refractivity contribution < 1.29 is 14.3 Å². The molecular formula is C20H24ClNO3S. The summed E-state index contributed by atoms with van der Waals surface area (Å²) in [5.74, 6) is 1.87. The summed E-state index contributed by atoms with van der Waals surface area (Å²) in [5.41, 5.74) is 0.696. The van der Waals surface area contributed by atoms with Crippen LogP contribution in [0.25, 0.3) is 6.08 Å². The number of rotatable bonds is 6. The van der Waals surface area contributed by atoms with Gasteiger partial charge in [-0.25, -0.2) is 0 Å². The number of hydrogen-bond acceptors (Lipinski definition) is 4. The number of benzene rings is 1. The molecule has 3 rings (SSSR count). The summed E-state index contributed by atoms with van der Waals surface area (Å²) in [6.45, 7) is 3.01. The molecule has 1 aromatic rings. The summed E-state index contributed by atoms with van der Waals surface area (Å²) in [7, 11) is 0.